The van der Waals surface area contributed by atoms with E-state index in [2.05, 4.69) is 0 Å². The van der Waals surface area contributed by atoms with Crippen LogP contribution in [0.15, 0.2) is 12.1 Å². The van der Waals surface area contributed by atoms with Crippen LogP contribution < -0.4 is 0 Å². The Morgan fingerprint density at radius 2 is 2.00 bits per heavy atom. The van der Waals surface area contributed by atoms with Crippen molar-refractivity contribution in [2.24, 2.45) is 0 Å². The van der Waals surface area contributed by atoms with Crippen LogP contribution in [0, 0.1) is 19.7 Å². The van der Waals surface area contributed by atoms with Crippen LogP contribution in [0.25, 0.3) is 0 Å². The summed E-state index contributed by atoms with van der Waals surface area (Å²) in [6, 6.07) is 3.39. The van der Waals surface area contributed by atoms with E-state index >= 15 is 0 Å². The maximum Gasteiger partial charge on any atom is 0.314 e. The number of carboxylic acid groups (broad SMARTS) is 1. The first-order valence-electron chi connectivity index (χ1n) is 4.98. The van der Waals surface area contributed by atoms with Gasteiger partial charge >= 0.3 is 5.97 Å². The Morgan fingerprint density at radius 3 is 2.47 bits per heavy atom. The van der Waals surface area contributed by atoms with Gasteiger partial charge in [0.05, 0.1) is 5.41 Å². The number of aryl methyl sites for hydroxylation is 2. The Bertz CT molecular complexity index is 433. The second-order valence-corrected chi connectivity index (χ2v) is 4.33. The third kappa shape index (κ3) is 1.42. The minimum atomic E-state index is -0.944. The topological polar surface area (TPSA) is 37.3 Å². The molecule has 0 aliphatic heterocycles. The summed E-state index contributed by atoms with van der Waals surface area (Å²) in [4.78, 5) is 11.1. The molecule has 1 aliphatic carbocycles. The molecule has 1 saturated carbocycles. The van der Waals surface area contributed by atoms with Gasteiger partial charge in [-0.3, -0.25) is 4.79 Å². The highest BCUT2D eigenvalue weighted by Crippen LogP contribution is 2.49. The predicted octanol–water partition coefficient (Wildman–Crippen LogP) is 2.56. The van der Waals surface area contributed by atoms with E-state index in [0.29, 0.717) is 24.0 Å². The molecule has 0 amide bonds. The van der Waals surface area contributed by atoms with E-state index in [-0.39, 0.29) is 5.82 Å². The molecule has 0 bridgehead atoms. The normalized spacial score (nSPS) is 17.5. The van der Waals surface area contributed by atoms with Crippen LogP contribution in [0.5, 0.6) is 0 Å². The number of rotatable bonds is 2. The van der Waals surface area contributed by atoms with E-state index in [4.69, 9.17) is 5.11 Å². The fraction of sp³-hybridized carbons (Fsp3) is 0.417. The number of aliphatic carboxylic acids is 1. The lowest BCUT2D eigenvalue weighted by Gasteiger charge is -2.13. The van der Waals surface area contributed by atoms with Crippen LogP contribution in [0.2, 0.25) is 0 Å². The number of benzene rings is 1. The summed E-state index contributed by atoms with van der Waals surface area (Å²) in [7, 11) is 0. The van der Waals surface area contributed by atoms with Gasteiger partial charge < -0.3 is 5.11 Å². The van der Waals surface area contributed by atoms with Crippen LogP contribution in [-0.4, -0.2) is 11.1 Å². The Kier molecular flexibility index (Phi) is 2.07. The van der Waals surface area contributed by atoms with Crippen molar-refractivity contribution in [2.45, 2.75) is 32.1 Å². The monoisotopic (exact) mass is 208 g/mol. The fourth-order valence-corrected chi connectivity index (χ4v) is 2.02. The number of halogens is 1. The zero-order valence-electron chi connectivity index (χ0n) is 8.80. The first kappa shape index (κ1) is 10.1. The highest BCUT2D eigenvalue weighted by molar-refractivity contribution is 5.85. The van der Waals surface area contributed by atoms with E-state index in [1.807, 2.05) is 6.92 Å². The number of hydrogen-bond donors (Lipinski definition) is 1. The Morgan fingerprint density at radius 1 is 1.40 bits per heavy atom. The quantitative estimate of drug-likeness (QED) is 0.811. The Balaban J connectivity index is 2.58. The zero-order valence-corrected chi connectivity index (χ0v) is 8.80. The van der Waals surface area contributed by atoms with Crippen molar-refractivity contribution in [1.29, 1.82) is 0 Å². The molecule has 3 heteroatoms. The number of carbonyl (C=O) groups is 1. The van der Waals surface area contributed by atoms with Gasteiger partial charge in [0.25, 0.3) is 0 Å². The molecule has 0 saturated heterocycles. The summed E-state index contributed by atoms with van der Waals surface area (Å²) in [5.74, 6) is -1.27. The lowest BCUT2D eigenvalue weighted by Crippen LogP contribution is -2.21. The Labute approximate surface area is 87.7 Å². The van der Waals surface area contributed by atoms with Crippen LogP contribution >= 0.6 is 0 Å². The zero-order chi connectivity index (χ0) is 11.2. The molecule has 0 aromatic heterocycles. The van der Waals surface area contributed by atoms with Crippen LogP contribution in [-0.2, 0) is 10.2 Å². The molecule has 2 rings (SSSR count). The van der Waals surface area contributed by atoms with Gasteiger partial charge in [0.2, 0.25) is 0 Å². The molecular formula is C12H13FO2. The predicted molar refractivity (Wildman–Crippen MR) is 54.4 cm³/mol. The van der Waals surface area contributed by atoms with Gasteiger partial charge in [-0.15, -0.1) is 0 Å². The van der Waals surface area contributed by atoms with Crippen LogP contribution in [0.1, 0.15) is 29.5 Å². The molecule has 1 fully saturated rings. The van der Waals surface area contributed by atoms with Crippen molar-refractivity contribution in [3.63, 3.8) is 0 Å². The van der Waals surface area contributed by atoms with Gasteiger partial charge in [-0.2, -0.15) is 0 Å². The van der Waals surface area contributed by atoms with Gasteiger partial charge in [-0.25, -0.2) is 4.39 Å². The average molecular weight is 208 g/mol. The molecule has 0 unspecified atom stereocenters. The number of hydrogen-bond acceptors (Lipinski definition) is 1. The summed E-state index contributed by atoms with van der Waals surface area (Å²) in [5, 5.41) is 9.10. The highest BCUT2D eigenvalue weighted by atomic mass is 19.1. The molecule has 0 spiro atoms. The van der Waals surface area contributed by atoms with Gasteiger partial charge in [0.1, 0.15) is 5.82 Å². The summed E-state index contributed by atoms with van der Waals surface area (Å²) >= 11 is 0. The Hall–Kier alpha value is -1.38. The summed E-state index contributed by atoms with van der Waals surface area (Å²) in [6.07, 6.45) is 1.09. The molecule has 0 atom stereocenters. The molecule has 15 heavy (non-hydrogen) atoms. The van der Waals surface area contributed by atoms with Crippen molar-refractivity contribution in [3.8, 4) is 0 Å². The minimum Gasteiger partial charge on any atom is -0.481 e. The fourth-order valence-electron chi connectivity index (χ4n) is 2.02. The van der Waals surface area contributed by atoms with Gasteiger partial charge in [0, 0.05) is 5.56 Å². The summed E-state index contributed by atoms with van der Waals surface area (Å²) in [5.41, 5.74) is 0.849. The first-order chi connectivity index (χ1) is 6.97. The van der Waals surface area contributed by atoms with Crippen molar-refractivity contribution in [2.75, 3.05) is 0 Å². The van der Waals surface area contributed by atoms with E-state index in [0.717, 1.165) is 5.56 Å². The van der Waals surface area contributed by atoms with Crippen LogP contribution in [0.3, 0.4) is 0 Å². The summed E-state index contributed by atoms with van der Waals surface area (Å²) in [6.45, 7) is 3.53. The molecule has 2 nitrogen and oxygen atoms in total. The molecule has 1 N–H and O–H groups in total. The third-order valence-electron chi connectivity index (χ3n) is 3.07. The van der Waals surface area contributed by atoms with Crippen molar-refractivity contribution in [1.82, 2.24) is 0 Å². The van der Waals surface area contributed by atoms with Gasteiger partial charge in [-0.05, 0) is 32.3 Å². The molecule has 0 heterocycles. The number of carboxylic acids is 1. The third-order valence-corrected chi connectivity index (χ3v) is 3.07. The minimum absolute atomic E-state index is 0.354. The molecule has 1 aromatic rings. The van der Waals surface area contributed by atoms with Crippen LogP contribution in [0.4, 0.5) is 4.39 Å². The molecule has 1 aliphatic rings. The SMILES string of the molecule is Cc1cc(C)c(F)c(C2(C(=O)O)CC2)c1. The van der Waals surface area contributed by atoms with E-state index in [1.165, 1.54) is 0 Å². The van der Waals surface area contributed by atoms with Gasteiger partial charge in [-0.1, -0.05) is 17.7 Å². The molecule has 80 valence electrons. The second kappa shape index (κ2) is 3.05. The summed E-state index contributed by atoms with van der Waals surface area (Å²) < 4.78 is 13.8. The van der Waals surface area contributed by atoms with Crippen molar-refractivity contribution < 1.29 is 14.3 Å². The maximum absolute atomic E-state index is 13.8. The van der Waals surface area contributed by atoms with E-state index in [9.17, 15) is 9.18 Å². The molecular weight excluding hydrogens is 195 g/mol. The first-order valence-corrected chi connectivity index (χ1v) is 4.98. The second-order valence-electron chi connectivity index (χ2n) is 4.33. The lowest BCUT2D eigenvalue weighted by atomic mass is 9.92. The van der Waals surface area contributed by atoms with E-state index < -0.39 is 11.4 Å². The van der Waals surface area contributed by atoms with Crippen molar-refractivity contribution in [3.05, 3.63) is 34.6 Å². The smallest absolute Gasteiger partial charge is 0.314 e. The highest BCUT2D eigenvalue weighted by Gasteiger charge is 2.53. The van der Waals surface area contributed by atoms with E-state index in [1.54, 1.807) is 19.1 Å². The average Bonchev–Trinajstić information content (AvgIpc) is 2.91. The van der Waals surface area contributed by atoms with Gasteiger partial charge in [0.15, 0.2) is 0 Å². The maximum atomic E-state index is 13.8. The lowest BCUT2D eigenvalue weighted by molar-refractivity contribution is -0.140. The standard InChI is InChI=1S/C12H13FO2/c1-7-5-8(2)10(13)9(6-7)12(3-4-12)11(14)15/h5-6H,3-4H2,1-2H3,(H,14,15). The molecule has 1 aromatic carbocycles. The van der Waals surface area contributed by atoms with Crippen molar-refractivity contribution >= 4 is 5.97 Å². The molecule has 0 radical (unpaired) electrons. The largest absolute Gasteiger partial charge is 0.481 e.